The van der Waals surface area contributed by atoms with Crippen LogP contribution in [-0.4, -0.2) is 17.6 Å². The molecule has 2 unspecified atom stereocenters. The van der Waals surface area contributed by atoms with Gasteiger partial charge in [-0.15, -0.1) is 0 Å². The van der Waals surface area contributed by atoms with Gasteiger partial charge in [0.1, 0.15) is 11.4 Å². The molecule has 21 heavy (non-hydrogen) atoms. The molecule has 2 aliphatic rings. The molecule has 1 spiro atoms. The number of Topliss-reactive ketones (excluding diaryl/α,β-unsaturated/α-hetero) is 1. The molecule has 1 aromatic rings. The molecule has 1 heterocycles. The largest absolute Gasteiger partial charge is 0.486 e. The minimum Gasteiger partial charge on any atom is -0.486 e. The van der Waals surface area contributed by atoms with E-state index in [-0.39, 0.29) is 25.0 Å². The second-order valence-electron chi connectivity index (χ2n) is 5.86. The summed E-state index contributed by atoms with van der Waals surface area (Å²) in [6.07, 6.45) is -3.27. The summed E-state index contributed by atoms with van der Waals surface area (Å²) in [5, 5.41) is 0. The number of fused-ring (bicyclic) bond motifs is 1. The van der Waals surface area contributed by atoms with E-state index in [2.05, 4.69) is 15.9 Å². The van der Waals surface area contributed by atoms with E-state index < -0.39 is 17.7 Å². The quantitative estimate of drug-likeness (QED) is 0.655. The second kappa shape index (κ2) is 5.00. The van der Waals surface area contributed by atoms with E-state index in [0.717, 1.165) is 4.47 Å². The lowest BCUT2D eigenvalue weighted by Crippen LogP contribution is -2.48. The molecular formula is C15H14BrF3O2. The number of carbonyl (C=O) groups is 1. The van der Waals surface area contributed by atoms with Crippen LogP contribution in [0.5, 0.6) is 5.75 Å². The molecule has 6 heteroatoms. The van der Waals surface area contributed by atoms with Gasteiger partial charge in [0.15, 0.2) is 5.78 Å². The standard InChI is InChI=1S/C15H14BrF3O2/c16-10-3-4-11-12(20)8-14(21-13(11)6-10)5-1-2-9(7-14)15(17,18)19/h3-4,6,9H,1-2,5,7-8H2. The summed E-state index contributed by atoms with van der Waals surface area (Å²) < 4.78 is 45.6. The van der Waals surface area contributed by atoms with Crippen molar-refractivity contribution in [2.45, 2.75) is 43.9 Å². The molecule has 0 N–H and O–H groups in total. The van der Waals surface area contributed by atoms with Crippen LogP contribution >= 0.6 is 15.9 Å². The lowest BCUT2D eigenvalue weighted by atomic mass is 9.73. The van der Waals surface area contributed by atoms with Gasteiger partial charge in [0.05, 0.1) is 17.9 Å². The van der Waals surface area contributed by atoms with Crippen molar-refractivity contribution in [2.75, 3.05) is 0 Å². The van der Waals surface area contributed by atoms with E-state index in [1.54, 1.807) is 18.2 Å². The summed E-state index contributed by atoms with van der Waals surface area (Å²) in [6.45, 7) is 0. The second-order valence-corrected chi connectivity index (χ2v) is 6.78. The predicted octanol–water partition coefficient (Wildman–Crippen LogP) is 4.91. The maximum atomic E-state index is 13.0. The summed E-state index contributed by atoms with van der Waals surface area (Å²) in [5.41, 5.74) is -0.540. The lowest BCUT2D eigenvalue weighted by Gasteiger charge is -2.43. The lowest BCUT2D eigenvalue weighted by molar-refractivity contribution is -0.197. The Morgan fingerprint density at radius 1 is 1.33 bits per heavy atom. The molecule has 1 saturated carbocycles. The minimum absolute atomic E-state index is 0.0359. The van der Waals surface area contributed by atoms with Crippen molar-refractivity contribution < 1.29 is 22.7 Å². The number of ether oxygens (including phenoxy) is 1. The van der Waals surface area contributed by atoms with Crippen LogP contribution in [0.1, 0.15) is 42.5 Å². The molecule has 114 valence electrons. The summed E-state index contributed by atoms with van der Waals surface area (Å²) in [4.78, 5) is 12.3. The number of alkyl halides is 3. The summed E-state index contributed by atoms with van der Waals surface area (Å²) in [6, 6.07) is 5.04. The van der Waals surface area contributed by atoms with E-state index in [1.807, 2.05) is 0 Å². The van der Waals surface area contributed by atoms with E-state index >= 15 is 0 Å². The SMILES string of the molecule is O=C1CC2(CCCC(C(F)(F)F)C2)Oc2cc(Br)ccc21. The fourth-order valence-corrected chi connectivity index (χ4v) is 3.66. The first-order chi connectivity index (χ1) is 9.79. The highest BCUT2D eigenvalue weighted by Gasteiger charge is 2.51. The Morgan fingerprint density at radius 3 is 2.81 bits per heavy atom. The molecule has 3 rings (SSSR count). The first-order valence-electron chi connectivity index (χ1n) is 6.88. The van der Waals surface area contributed by atoms with Crippen LogP contribution in [0, 0.1) is 5.92 Å². The molecule has 0 bridgehead atoms. The Morgan fingerprint density at radius 2 is 2.10 bits per heavy atom. The number of benzene rings is 1. The van der Waals surface area contributed by atoms with Crippen molar-refractivity contribution in [3.63, 3.8) is 0 Å². The molecule has 0 radical (unpaired) electrons. The summed E-state index contributed by atoms with van der Waals surface area (Å²) in [5.74, 6) is -1.12. The molecule has 2 atom stereocenters. The van der Waals surface area contributed by atoms with Gasteiger partial charge in [-0.25, -0.2) is 0 Å². The highest BCUT2D eigenvalue weighted by molar-refractivity contribution is 9.10. The Kier molecular flexibility index (Phi) is 3.55. The van der Waals surface area contributed by atoms with Gasteiger partial charge in [-0.3, -0.25) is 4.79 Å². The molecule has 2 nitrogen and oxygen atoms in total. The molecule has 1 aliphatic carbocycles. The van der Waals surface area contributed by atoms with Crippen molar-refractivity contribution in [3.8, 4) is 5.75 Å². The third-order valence-electron chi connectivity index (χ3n) is 4.32. The van der Waals surface area contributed by atoms with Crippen molar-refractivity contribution in [1.29, 1.82) is 0 Å². The van der Waals surface area contributed by atoms with Crippen molar-refractivity contribution in [1.82, 2.24) is 0 Å². The van der Waals surface area contributed by atoms with E-state index in [0.29, 0.717) is 24.2 Å². The molecular weight excluding hydrogens is 349 g/mol. The van der Waals surface area contributed by atoms with Crippen LogP contribution in [-0.2, 0) is 0 Å². The first-order valence-corrected chi connectivity index (χ1v) is 7.67. The molecule has 1 aliphatic heterocycles. The maximum Gasteiger partial charge on any atom is 0.391 e. The normalized spacial score (nSPS) is 29.1. The number of hydrogen-bond donors (Lipinski definition) is 0. The smallest absolute Gasteiger partial charge is 0.391 e. The number of ketones is 1. The molecule has 0 saturated heterocycles. The highest BCUT2D eigenvalue weighted by Crippen LogP contribution is 2.48. The van der Waals surface area contributed by atoms with Crippen LogP contribution in [0.3, 0.4) is 0 Å². The Labute approximate surface area is 128 Å². The van der Waals surface area contributed by atoms with Gasteiger partial charge in [-0.05, 0) is 43.9 Å². The fourth-order valence-electron chi connectivity index (χ4n) is 3.32. The first kappa shape index (κ1) is 14.9. The van der Waals surface area contributed by atoms with E-state index in [1.165, 1.54) is 0 Å². The molecule has 1 fully saturated rings. The highest BCUT2D eigenvalue weighted by atomic mass is 79.9. The molecule has 0 amide bonds. The number of halogens is 4. The van der Waals surface area contributed by atoms with Gasteiger partial charge in [-0.1, -0.05) is 15.9 Å². The van der Waals surface area contributed by atoms with Gasteiger partial charge in [-0.2, -0.15) is 13.2 Å². The van der Waals surface area contributed by atoms with Crippen LogP contribution in [0.4, 0.5) is 13.2 Å². The van der Waals surface area contributed by atoms with E-state index in [9.17, 15) is 18.0 Å². The fraction of sp³-hybridized carbons (Fsp3) is 0.533. The average molecular weight is 363 g/mol. The average Bonchev–Trinajstić information content (AvgIpc) is 2.36. The summed E-state index contributed by atoms with van der Waals surface area (Å²) >= 11 is 3.30. The summed E-state index contributed by atoms with van der Waals surface area (Å²) in [7, 11) is 0. The van der Waals surface area contributed by atoms with Crippen LogP contribution in [0.15, 0.2) is 22.7 Å². The Bertz CT molecular complexity index is 585. The van der Waals surface area contributed by atoms with Gasteiger partial charge in [0.25, 0.3) is 0 Å². The number of rotatable bonds is 0. The predicted molar refractivity (Wildman–Crippen MR) is 74.5 cm³/mol. The third-order valence-corrected chi connectivity index (χ3v) is 4.81. The van der Waals surface area contributed by atoms with Crippen molar-refractivity contribution in [2.24, 2.45) is 5.92 Å². The van der Waals surface area contributed by atoms with Gasteiger partial charge < -0.3 is 4.74 Å². The third kappa shape index (κ3) is 2.82. The number of carbonyl (C=O) groups excluding carboxylic acids is 1. The zero-order valence-electron chi connectivity index (χ0n) is 11.2. The number of hydrogen-bond acceptors (Lipinski definition) is 2. The van der Waals surface area contributed by atoms with Gasteiger partial charge >= 0.3 is 6.18 Å². The monoisotopic (exact) mass is 362 g/mol. The molecule has 1 aromatic carbocycles. The molecule has 0 aromatic heterocycles. The van der Waals surface area contributed by atoms with Crippen molar-refractivity contribution >= 4 is 21.7 Å². The topological polar surface area (TPSA) is 26.3 Å². The van der Waals surface area contributed by atoms with Gasteiger partial charge in [0, 0.05) is 4.47 Å². The zero-order valence-corrected chi connectivity index (χ0v) is 12.8. The maximum absolute atomic E-state index is 13.0. The van der Waals surface area contributed by atoms with Crippen LogP contribution < -0.4 is 4.74 Å². The Balaban J connectivity index is 1.92. The zero-order chi connectivity index (χ0) is 15.3. The van der Waals surface area contributed by atoms with Crippen LogP contribution in [0.25, 0.3) is 0 Å². The Hall–Kier alpha value is -1.04. The minimum atomic E-state index is -4.22. The van der Waals surface area contributed by atoms with Crippen LogP contribution in [0.2, 0.25) is 0 Å². The van der Waals surface area contributed by atoms with Gasteiger partial charge in [0.2, 0.25) is 0 Å². The van der Waals surface area contributed by atoms with E-state index in [4.69, 9.17) is 4.74 Å². The van der Waals surface area contributed by atoms with Crippen molar-refractivity contribution in [3.05, 3.63) is 28.2 Å².